The van der Waals surface area contributed by atoms with Crippen molar-refractivity contribution in [1.82, 2.24) is 5.32 Å². The van der Waals surface area contributed by atoms with Crippen LogP contribution >= 0.6 is 0 Å². The normalized spacial score (nSPS) is 10.5. The second-order valence-corrected chi connectivity index (χ2v) is 4.50. The number of furan rings is 1. The van der Waals surface area contributed by atoms with E-state index in [0.717, 1.165) is 11.1 Å². The Morgan fingerprint density at radius 1 is 1.35 bits per heavy atom. The average Bonchev–Trinajstić information content (AvgIpc) is 2.88. The summed E-state index contributed by atoms with van der Waals surface area (Å²) < 4.78 is 10.4. The summed E-state index contributed by atoms with van der Waals surface area (Å²) in [6, 6.07) is 9.09. The Kier molecular flexibility index (Phi) is 4.42. The van der Waals surface area contributed by atoms with Crippen LogP contribution in [0, 0.1) is 6.92 Å². The molecule has 0 aliphatic heterocycles. The largest absolute Gasteiger partial charge is 0.451 e. The van der Waals surface area contributed by atoms with Crippen molar-refractivity contribution < 1.29 is 13.9 Å². The summed E-state index contributed by atoms with van der Waals surface area (Å²) in [4.78, 5) is 11.8. The van der Waals surface area contributed by atoms with Crippen molar-refractivity contribution in [2.24, 2.45) is 0 Å². The van der Waals surface area contributed by atoms with Gasteiger partial charge < -0.3 is 20.2 Å². The second-order valence-electron chi connectivity index (χ2n) is 4.50. The van der Waals surface area contributed by atoms with Crippen molar-refractivity contribution >= 4 is 11.6 Å². The van der Waals surface area contributed by atoms with E-state index in [1.807, 2.05) is 25.1 Å². The fourth-order valence-electron chi connectivity index (χ4n) is 1.86. The van der Waals surface area contributed by atoms with Crippen LogP contribution in [0.4, 0.5) is 5.69 Å². The van der Waals surface area contributed by atoms with E-state index in [4.69, 9.17) is 14.9 Å². The lowest BCUT2D eigenvalue weighted by Gasteiger charge is -2.04. The molecule has 0 radical (unpaired) electrons. The zero-order chi connectivity index (χ0) is 14.5. The molecule has 1 heterocycles. The van der Waals surface area contributed by atoms with Crippen LogP contribution in [0.5, 0.6) is 0 Å². The highest BCUT2D eigenvalue weighted by molar-refractivity contribution is 5.92. The lowest BCUT2D eigenvalue weighted by Crippen LogP contribution is -2.26. The van der Waals surface area contributed by atoms with Crippen LogP contribution in [0.1, 0.15) is 16.1 Å². The third kappa shape index (κ3) is 3.19. The number of methoxy groups -OCH3 is 1. The van der Waals surface area contributed by atoms with Gasteiger partial charge in [0.05, 0.1) is 6.61 Å². The Morgan fingerprint density at radius 2 is 2.15 bits per heavy atom. The third-order valence-electron chi connectivity index (χ3n) is 2.89. The number of rotatable bonds is 5. The van der Waals surface area contributed by atoms with Gasteiger partial charge in [-0.05, 0) is 36.8 Å². The van der Waals surface area contributed by atoms with E-state index < -0.39 is 0 Å². The van der Waals surface area contributed by atoms with E-state index in [9.17, 15) is 4.79 Å². The Labute approximate surface area is 117 Å². The van der Waals surface area contributed by atoms with E-state index in [-0.39, 0.29) is 11.7 Å². The highest BCUT2D eigenvalue weighted by Gasteiger charge is 2.13. The SMILES string of the molecule is COCCNC(=O)c1ccc(-c2ccc(C)cc2N)o1. The highest BCUT2D eigenvalue weighted by Crippen LogP contribution is 2.28. The van der Waals surface area contributed by atoms with Gasteiger partial charge in [-0.3, -0.25) is 4.79 Å². The molecule has 0 fully saturated rings. The van der Waals surface area contributed by atoms with E-state index in [0.29, 0.717) is 24.6 Å². The molecule has 0 unspecified atom stereocenters. The average molecular weight is 274 g/mol. The number of carbonyl (C=O) groups excluding carboxylic acids is 1. The number of nitrogen functional groups attached to an aromatic ring is 1. The van der Waals surface area contributed by atoms with Crippen LogP contribution in [0.15, 0.2) is 34.7 Å². The van der Waals surface area contributed by atoms with E-state index >= 15 is 0 Å². The van der Waals surface area contributed by atoms with Crippen LogP contribution in [-0.4, -0.2) is 26.2 Å². The molecule has 0 saturated heterocycles. The number of nitrogens with two attached hydrogens (primary N) is 1. The Hall–Kier alpha value is -2.27. The summed E-state index contributed by atoms with van der Waals surface area (Å²) in [6.45, 7) is 2.87. The fourth-order valence-corrected chi connectivity index (χ4v) is 1.86. The lowest BCUT2D eigenvalue weighted by atomic mass is 10.1. The van der Waals surface area contributed by atoms with Crippen LogP contribution in [0.2, 0.25) is 0 Å². The Balaban J connectivity index is 2.14. The van der Waals surface area contributed by atoms with Gasteiger partial charge >= 0.3 is 0 Å². The van der Waals surface area contributed by atoms with Gasteiger partial charge in [0.25, 0.3) is 5.91 Å². The zero-order valence-electron chi connectivity index (χ0n) is 11.6. The molecule has 2 rings (SSSR count). The number of hydrogen-bond acceptors (Lipinski definition) is 4. The number of amides is 1. The number of anilines is 1. The minimum atomic E-state index is -0.265. The first-order valence-electron chi connectivity index (χ1n) is 6.35. The molecule has 1 aromatic heterocycles. The quantitative estimate of drug-likeness (QED) is 0.647. The van der Waals surface area contributed by atoms with Gasteiger partial charge in [0.1, 0.15) is 5.76 Å². The van der Waals surface area contributed by atoms with Gasteiger partial charge in [-0.15, -0.1) is 0 Å². The number of ether oxygens (including phenoxy) is 1. The molecule has 1 amide bonds. The van der Waals surface area contributed by atoms with Crippen molar-refractivity contribution in [1.29, 1.82) is 0 Å². The summed E-state index contributed by atoms with van der Waals surface area (Å²) in [5, 5.41) is 2.70. The van der Waals surface area contributed by atoms with E-state index in [1.165, 1.54) is 0 Å². The molecule has 3 N–H and O–H groups in total. The van der Waals surface area contributed by atoms with Gasteiger partial charge in [-0.25, -0.2) is 0 Å². The molecule has 0 spiro atoms. The number of nitrogens with one attached hydrogen (secondary N) is 1. The summed E-state index contributed by atoms with van der Waals surface area (Å²) in [5.41, 5.74) is 8.45. The topological polar surface area (TPSA) is 77.5 Å². The number of hydrogen-bond donors (Lipinski definition) is 2. The van der Waals surface area contributed by atoms with Gasteiger partial charge in [-0.1, -0.05) is 6.07 Å². The van der Waals surface area contributed by atoms with Crippen LogP contribution < -0.4 is 11.1 Å². The molecule has 20 heavy (non-hydrogen) atoms. The summed E-state index contributed by atoms with van der Waals surface area (Å²) in [5.74, 6) is 0.578. The number of carbonyl (C=O) groups is 1. The molecule has 5 heteroatoms. The highest BCUT2D eigenvalue weighted by atomic mass is 16.5. The van der Waals surface area contributed by atoms with Gasteiger partial charge in [0.2, 0.25) is 0 Å². The summed E-state index contributed by atoms with van der Waals surface area (Å²) in [6.07, 6.45) is 0. The molecule has 106 valence electrons. The smallest absolute Gasteiger partial charge is 0.287 e. The van der Waals surface area contributed by atoms with Crippen molar-refractivity contribution in [3.05, 3.63) is 41.7 Å². The van der Waals surface area contributed by atoms with Crippen LogP contribution in [-0.2, 0) is 4.74 Å². The summed E-state index contributed by atoms with van der Waals surface area (Å²) in [7, 11) is 1.58. The second kappa shape index (κ2) is 6.25. The van der Waals surface area contributed by atoms with Crippen molar-refractivity contribution in [3.8, 4) is 11.3 Å². The maximum atomic E-state index is 11.8. The van der Waals surface area contributed by atoms with Crippen molar-refractivity contribution in [2.75, 3.05) is 26.0 Å². The minimum absolute atomic E-state index is 0.260. The molecule has 0 bridgehead atoms. The van der Waals surface area contributed by atoms with Crippen molar-refractivity contribution in [2.45, 2.75) is 6.92 Å². The van der Waals surface area contributed by atoms with Crippen molar-refractivity contribution in [3.63, 3.8) is 0 Å². The molecule has 0 aliphatic rings. The molecule has 0 aliphatic carbocycles. The van der Waals surface area contributed by atoms with Gasteiger partial charge in [0, 0.05) is 24.9 Å². The minimum Gasteiger partial charge on any atom is -0.451 e. The first-order chi connectivity index (χ1) is 9.61. The molecule has 2 aromatic rings. The standard InChI is InChI=1S/C15H18N2O3/c1-10-3-4-11(12(16)9-10)13-5-6-14(20-13)15(18)17-7-8-19-2/h3-6,9H,7-8,16H2,1-2H3,(H,17,18). The predicted octanol–water partition coefficient (Wildman–Crippen LogP) is 2.21. The fraction of sp³-hybridized carbons (Fsp3) is 0.267. The van der Waals surface area contributed by atoms with Gasteiger partial charge in [0.15, 0.2) is 5.76 Å². The molecular formula is C15H18N2O3. The van der Waals surface area contributed by atoms with E-state index in [1.54, 1.807) is 19.2 Å². The molecule has 0 atom stereocenters. The predicted molar refractivity (Wildman–Crippen MR) is 77.5 cm³/mol. The third-order valence-corrected chi connectivity index (χ3v) is 2.89. The first kappa shape index (κ1) is 14.1. The monoisotopic (exact) mass is 274 g/mol. The maximum absolute atomic E-state index is 11.8. The molecule has 1 aromatic carbocycles. The van der Waals surface area contributed by atoms with Crippen LogP contribution in [0.25, 0.3) is 11.3 Å². The maximum Gasteiger partial charge on any atom is 0.287 e. The number of benzene rings is 1. The lowest BCUT2D eigenvalue weighted by molar-refractivity contribution is 0.0910. The van der Waals surface area contributed by atoms with E-state index in [2.05, 4.69) is 5.32 Å². The summed E-state index contributed by atoms with van der Waals surface area (Å²) >= 11 is 0. The molecule has 5 nitrogen and oxygen atoms in total. The zero-order valence-corrected chi connectivity index (χ0v) is 11.6. The number of aryl methyl sites for hydroxylation is 1. The molecular weight excluding hydrogens is 256 g/mol. The Bertz CT molecular complexity index is 605. The first-order valence-corrected chi connectivity index (χ1v) is 6.35. The van der Waals surface area contributed by atoms with Gasteiger partial charge in [-0.2, -0.15) is 0 Å². The molecule has 0 saturated carbocycles. The Morgan fingerprint density at radius 3 is 2.85 bits per heavy atom. The van der Waals surface area contributed by atoms with Crippen LogP contribution in [0.3, 0.4) is 0 Å².